The first kappa shape index (κ1) is 26.2. The summed E-state index contributed by atoms with van der Waals surface area (Å²) in [6.07, 6.45) is 11.6. The monoisotopic (exact) mass is 568 g/mol. The molecule has 2 fully saturated rings. The summed E-state index contributed by atoms with van der Waals surface area (Å²) in [5.74, 6) is 1.96. The Hall–Kier alpha value is -2.82. The van der Waals surface area contributed by atoms with Gasteiger partial charge in [-0.1, -0.05) is 41.3 Å². The third-order valence-corrected chi connectivity index (χ3v) is 7.90. The van der Waals surface area contributed by atoms with Crippen LogP contribution in [0.2, 0.25) is 0 Å². The van der Waals surface area contributed by atoms with Crippen molar-refractivity contribution < 1.29 is 9.53 Å². The average Bonchev–Trinajstić information content (AvgIpc) is 3.56. The maximum absolute atomic E-state index is 13.8. The molecular weight excluding hydrogens is 540 g/mol. The fourth-order valence-corrected chi connectivity index (χ4v) is 5.83. The second kappa shape index (κ2) is 11.1. The normalized spacial score (nSPS) is 19.8. The summed E-state index contributed by atoms with van der Waals surface area (Å²) in [6.45, 7) is 1.44. The fraction of sp³-hybridized carbons (Fsp3) is 0.393. The van der Waals surface area contributed by atoms with E-state index < -0.39 is 5.41 Å². The number of ether oxygens (including phenoxy) is 1. The number of likely N-dealkylation sites (tertiary alicyclic amines) is 1. The van der Waals surface area contributed by atoms with Crippen LogP contribution in [-0.2, 0) is 16.8 Å². The van der Waals surface area contributed by atoms with E-state index >= 15 is 0 Å². The van der Waals surface area contributed by atoms with Crippen LogP contribution in [0, 0.1) is 17.2 Å². The molecule has 5 rings (SSSR count). The third-order valence-electron chi connectivity index (χ3n) is 7.21. The predicted molar refractivity (Wildman–Crippen MR) is 144 cm³/mol. The second-order valence-corrected chi connectivity index (χ2v) is 10.7. The molecule has 2 aromatic carbocycles. The fourth-order valence-electron chi connectivity index (χ4n) is 5.21. The molecule has 1 saturated heterocycles. The molecule has 0 radical (unpaired) electrons. The number of carbonyl (C=O) groups is 1. The minimum atomic E-state index is -0.550. The van der Waals surface area contributed by atoms with Gasteiger partial charge in [-0.05, 0) is 66.6 Å². The number of amides is 1. The van der Waals surface area contributed by atoms with E-state index in [-0.39, 0.29) is 18.3 Å². The molecule has 1 aliphatic heterocycles. The average molecular weight is 570 g/mol. The Morgan fingerprint density at radius 2 is 2.06 bits per heavy atom. The lowest BCUT2D eigenvalue weighted by molar-refractivity contribution is -0.136. The smallest absolute Gasteiger partial charge is 0.233 e. The van der Waals surface area contributed by atoms with Gasteiger partial charge in [-0.15, -0.1) is 12.4 Å². The quantitative estimate of drug-likeness (QED) is 0.327. The summed E-state index contributed by atoms with van der Waals surface area (Å²) in [5.41, 5.74) is 1.93. The third kappa shape index (κ3) is 5.45. The van der Waals surface area contributed by atoms with E-state index in [4.69, 9.17) is 4.74 Å². The largest absolute Gasteiger partial charge is 0.456 e. The molecule has 1 saturated carbocycles. The van der Waals surface area contributed by atoms with Crippen LogP contribution in [0.1, 0.15) is 55.2 Å². The summed E-state index contributed by atoms with van der Waals surface area (Å²) < 4.78 is 9.22. The summed E-state index contributed by atoms with van der Waals surface area (Å²) in [6, 6.07) is 13.7. The lowest BCUT2D eigenvalue weighted by Crippen LogP contribution is -2.44. The second-order valence-electron chi connectivity index (χ2n) is 9.83. The summed E-state index contributed by atoms with van der Waals surface area (Å²) in [4.78, 5) is 19.8. The zero-order chi connectivity index (χ0) is 24.4. The van der Waals surface area contributed by atoms with Crippen LogP contribution >= 0.6 is 28.3 Å². The first-order chi connectivity index (χ1) is 17.0. The highest BCUT2D eigenvalue weighted by molar-refractivity contribution is 9.10. The predicted octanol–water partition coefficient (Wildman–Crippen LogP) is 6.46. The molecule has 1 atom stereocenters. The molecule has 3 aromatic rings. The van der Waals surface area contributed by atoms with Gasteiger partial charge in [-0.3, -0.25) is 4.79 Å². The van der Waals surface area contributed by atoms with Crippen molar-refractivity contribution >= 4 is 34.2 Å². The van der Waals surface area contributed by atoms with E-state index in [2.05, 4.69) is 27.0 Å². The van der Waals surface area contributed by atoms with Crippen LogP contribution in [-0.4, -0.2) is 34.0 Å². The number of halogens is 2. The van der Waals surface area contributed by atoms with Gasteiger partial charge in [0, 0.05) is 37.0 Å². The number of likely N-dealkylation sites (N-methyl/N-ethyl adjacent to an activating group) is 1. The number of benzene rings is 2. The number of rotatable bonds is 7. The number of aromatic nitrogens is 2. The standard InChI is InChI=1S/C28H29BrN4O2.ClH/c1-32-12-3-2-10-28(27(32)34,16-20-4-5-20)24-15-23(8-9-25(24)29)35-26-14-21(6-7-22(26)17-30)18-33-13-11-31-19-33;/h6-9,11,13-15,19-20H,2-5,10,12,16,18H2,1H3;1H. The maximum Gasteiger partial charge on any atom is 0.233 e. The highest BCUT2D eigenvalue weighted by Gasteiger charge is 2.47. The van der Waals surface area contributed by atoms with Gasteiger partial charge in [-0.2, -0.15) is 5.26 Å². The van der Waals surface area contributed by atoms with Crippen molar-refractivity contribution in [3.63, 3.8) is 0 Å². The molecule has 0 N–H and O–H groups in total. The molecule has 188 valence electrons. The van der Waals surface area contributed by atoms with E-state index in [1.807, 2.05) is 53.0 Å². The summed E-state index contributed by atoms with van der Waals surface area (Å²) in [7, 11) is 1.93. The molecule has 1 aliphatic carbocycles. The molecule has 8 heteroatoms. The number of imidazole rings is 1. The Kier molecular flexibility index (Phi) is 8.07. The van der Waals surface area contributed by atoms with E-state index in [1.54, 1.807) is 18.6 Å². The van der Waals surface area contributed by atoms with Gasteiger partial charge in [0.15, 0.2) is 0 Å². The van der Waals surface area contributed by atoms with E-state index in [1.165, 1.54) is 12.8 Å². The first-order valence-corrected chi connectivity index (χ1v) is 13.0. The maximum atomic E-state index is 13.8. The van der Waals surface area contributed by atoms with Crippen molar-refractivity contribution in [1.29, 1.82) is 5.26 Å². The number of nitriles is 1. The van der Waals surface area contributed by atoms with Crippen molar-refractivity contribution in [1.82, 2.24) is 14.5 Å². The molecule has 1 unspecified atom stereocenters. The number of nitrogens with zero attached hydrogens (tertiary/aromatic N) is 4. The minimum Gasteiger partial charge on any atom is -0.456 e. The zero-order valence-corrected chi connectivity index (χ0v) is 22.7. The first-order valence-electron chi connectivity index (χ1n) is 12.2. The zero-order valence-electron chi connectivity index (χ0n) is 20.3. The molecule has 0 spiro atoms. The van der Waals surface area contributed by atoms with Crippen LogP contribution in [0.25, 0.3) is 0 Å². The lowest BCUT2D eigenvalue weighted by Gasteiger charge is -2.35. The summed E-state index contributed by atoms with van der Waals surface area (Å²) >= 11 is 3.76. The Morgan fingerprint density at radius 1 is 1.22 bits per heavy atom. The van der Waals surface area contributed by atoms with Gasteiger partial charge in [-0.25, -0.2) is 4.98 Å². The molecule has 6 nitrogen and oxygen atoms in total. The molecule has 0 bridgehead atoms. The molecule has 1 aromatic heterocycles. The molecule has 2 aliphatic rings. The van der Waals surface area contributed by atoms with Gasteiger partial charge in [0.25, 0.3) is 0 Å². The van der Waals surface area contributed by atoms with Crippen LogP contribution < -0.4 is 4.74 Å². The van der Waals surface area contributed by atoms with Gasteiger partial charge in [0.05, 0.1) is 17.3 Å². The number of hydrogen-bond donors (Lipinski definition) is 0. The lowest BCUT2D eigenvalue weighted by atomic mass is 9.72. The van der Waals surface area contributed by atoms with Gasteiger partial charge in [0.1, 0.15) is 17.6 Å². The van der Waals surface area contributed by atoms with E-state index in [9.17, 15) is 10.1 Å². The Labute approximate surface area is 226 Å². The van der Waals surface area contributed by atoms with Gasteiger partial charge >= 0.3 is 0 Å². The van der Waals surface area contributed by atoms with E-state index in [0.717, 1.165) is 47.8 Å². The highest BCUT2D eigenvalue weighted by atomic mass is 79.9. The summed E-state index contributed by atoms with van der Waals surface area (Å²) in [5, 5.41) is 9.69. The Balaban J connectivity index is 0.00000304. The van der Waals surface area contributed by atoms with Crippen molar-refractivity contribution in [2.24, 2.45) is 5.92 Å². The highest BCUT2D eigenvalue weighted by Crippen LogP contribution is 2.49. The van der Waals surface area contributed by atoms with Crippen LogP contribution in [0.15, 0.2) is 59.6 Å². The van der Waals surface area contributed by atoms with Gasteiger partial charge in [0.2, 0.25) is 5.91 Å². The Morgan fingerprint density at radius 3 is 2.78 bits per heavy atom. The van der Waals surface area contributed by atoms with Crippen LogP contribution in [0.5, 0.6) is 11.5 Å². The number of hydrogen-bond acceptors (Lipinski definition) is 4. The van der Waals surface area contributed by atoms with E-state index in [0.29, 0.717) is 29.5 Å². The van der Waals surface area contributed by atoms with Crippen LogP contribution in [0.4, 0.5) is 0 Å². The van der Waals surface area contributed by atoms with Crippen LogP contribution in [0.3, 0.4) is 0 Å². The minimum absolute atomic E-state index is 0. The molecule has 1 amide bonds. The number of carbonyl (C=O) groups excluding carboxylic acids is 1. The topological polar surface area (TPSA) is 71.2 Å². The molecule has 2 heterocycles. The van der Waals surface area contributed by atoms with Gasteiger partial charge < -0.3 is 14.2 Å². The molecule has 36 heavy (non-hydrogen) atoms. The molecular formula is C28H30BrClN4O2. The van der Waals surface area contributed by atoms with Crippen molar-refractivity contribution in [2.75, 3.05) is 13.6 Å². The SMILES string of the molecule is CN1CCCCC(CC2CC2)(c2cc(Oc3cc(Cn4ccnc4)ccc3C#N)ccc2Br)C1=O.Cl. The Bertz CT molecular complexity index is 1270. The van der Waals surface area contributed by atoms with Crippen molar-refractivity contribution in [3.8, 4) is 17.6 Å². The van der Waals surface area contributed by atoms with Crippen molar-refractivity contribution in [2.45, 2.75) is 50.5 Å². The van der Waals surface area contributed by atoms with Crippen molar-refractivity contribution in [3.05, 3.63) is 76.3 Å².